The highest BCUT2D eigenvalue weighted by Crippen LogP contribution is 2.61. The summed E-state index contributed by atoms with van der Waals surface area (Å²) in [5.41, 5.74) is 28.4. The van der Waals surface area contributed by atoms with Crippen molar-refractivity contribution in [3.8, 4) is 101 Å². The molecule has 124 heavy (non-hydrogen) atoms. The topological polar surface area (TPSA) is 95.8 Å². The fourth-order valence-corrected chi connectivity index (χ4v) is 19.3. The molecule has 16 aromatic carbocycles. The van der Waals surface area contributed by atoms with Crippen LogP contribution in [0.1, 0.15) is 72.2 Å². The van der Waals surface area contributed by atoms with Crippen molar-refractivity contribution in [2.45, 2.75) is 49.7 Å². The van der Waals surface area contributed by atoms with Gasteiger partial charge in [0.1, 0.15) is 4.60 Å². The summed E-state index contributed by atoms with van der Waals surface area (Å²) < 4.78 is 13.5. The summed E-state index contributed by atoms with van der Waals surface area (Å²) in [5, 5.41) is 7.06. The van der Waals surface area contributed by atoms with E-state index in [2.05, 4.69) is 375 Å². The van der Waals surface area contributed by atoms with Crippen molar-refractivity contribution in [1.82, 2.24) is 29.9 Å². The highest BCUT2D eigenvalue weighted by molar-refractivity contribution is 9.10. The van der Waals surface area contributed by atoms with E-state index in [4.69, 9.17) is 29.2 Å². The first kappa shape index (κ1) is 76.9. The van der Waals surface area contributed by atoms with Crippen molar-refractivity contribution in [2.75, 3.05) is 0 Å². The van der Waals surface area contributed by atoms with Crippen LogP contribution < -0.4 is 5.46 Å². The summed E-state index contributed by atoms with van der Waals surface area (Å²) in [6.45, 7) is 8.36. The van der Waals surface area contributed by atoms with Gasteiger partial charge >= 0.3 is 7.12 Å². The van der Waals surface area contributed by atoms with Crippen molar-refractivity contribution in [2.24, 2.45) is 0 Å². The molecule has 0 unspecified atom stereocenters. The van der Waals surface area contributed by atoms with Crippen molar-refractivity contribution in [1.29, 1.82) is 0 Å². The Labute approximate surface area is 730 Å². The van der Waals surface area contributed by atoms with Crippen LogP contribution in [0.2, 0.25) is 0 Å². The molecule has 0 bridgehead atoms. The number of rotatable bonds is 12. The van der Waals surface area contributed by atoms with Gasteiger partial charge in [-0.2, -0.15) is 0 Å². The minimum absolute atomic E-state index is 0.391. The predicted octanol–water partition coefficient (Wildman–Crippen LogP) is 27.5. The monoisotopic (exact) mass is 1660 g/mol. The molecule has 0 N–H and O–H groups in total. The molecule has 23 rings (SSSR count). The third kappa shape index (κ3) is 13.3. The van der Waals surface area contributed by atoms with Gasteiger partial charge in [0.25, 0.3) is 0 Å². The molecule has 1 aliphatic heterocycles. The number of fused-ring (bicyclic) bond motifs is 14. The molecule has 0 spiro atoms. The number of halogens is 1. The Morgan fingerprint density at radius 2 is 0.556 bits per heavy atom. The van der Waals surface area contributed by atoms with E-state index in [1.54, 1.807) is 0 Å². The third-order valence-corrected chi connectivity index (χ3v) is 25.8. The molecule has 0 amide bonds. The summed E-state index contributed by atoms with van der Waals surface area (Å²) >= 11 is 3.46. The van der Waals surface area contributed by atoms with Crippen LogP contribution in [-0.4, -0.2) is 48.2 Å². The van der Waals surface area contributed by atoms with Crippen LogP contribution in [0, 0.1) is 0 Å². The van der Waals surface area contributed by atoms with Gasteiger partial charge in [-0.05, 0) is 140 Å². The second-order valence-electron chi connectivity index (χ2n) is 32.9. The Hall–Kier alpha value is -14.5. The highest BCUT2D eigenvalue weighted by atomic mass is 79.9. The first-order valence-electron chi connectivity index (χ1n) is 42.3. The molecule has 10 heteroatoms. The lowest BCUT2D eigenvalue weighted by Gasteiger charge is -2.34. The van der Waals surface area contributed by atoms with Crippen LogP contribution in [0.4, 0.5) is 0 Å². The largest absolute Gasteiger partial charge is 0.494 e. The smallest absolute Gasteiger partial charge is 0.399 e. The number of hydrogen-bond acceptors (Lipinski definition) is 8. The SMILES string of the molecule is Brc1cc(-c2ccccc2)nc(-c2ccccc2)n1.CC1(C)OB(c2ccc(-c3nc4ccccc4c4c5c(ccc34)C(c3ccccc3)(c3ccccc3)c3ccccc3-5)cc2)OC1(C)C.c1ccc(-c2cc(-c3ccc(-c4nc5ccccc5c5c6c(ccc45)C(c4ccccc4)(c4ccccc4)c4ccccc4-6)cc3)nc(-c3ccccc3)n2)cc1. The summed E-state index contributed by atoms with van der Waals surface area (Å²) in [6.07, 6.45) is 0. The molecular weight excluding hydrogens is 1580 g/mol. The summed E-state index contributed by atoms with van der Waals surface area (Å²) in [6, 6.07) is 150. The van der Waals surface area contributed by atoms with Gasteiger partial charge in [0.15, 0.2) is 11.6 Å². The maximum atomic E-state index is 6.36. The molecule has 1 fully saturated rings. The molecule has 3 aliphatic rings. The van der Waals surface area contributed by atoms with E-state index in [9.17, 15) is 0 Å². The lowest BCUT2D eigenvalue weighted by Crippen LogP contribution is -2.41. The normalized spacial score (nSPS) is 14.0. The minimum atomic E-state index is -0.483. The summed E-state index contributed by atoms with van der Waals surface area (Å²) in [5.74, 6) is 1.43. The first-order chi connectivity index (χ1) is 60.9. The van der Waals surface area contributed by atoms with Crippen molar-refractivity contribution >= 4 is 71.9 Å². The van der Waals surface area contributed by atoms with Crippen LogP contribution in [-0.2, 0) is 20.1 Å². The Morgan fingerprint density at radius 1 is 0.250 bits per heavy atom. The lowest BCUT2D eigenvalue weighted by molar-refractivity contribution is 0.00578. The van der Waals surface area contributed by atoms with E-state index >= 15 is 0 Å². The van der Waals surface area contributed by atoms with Gasteiger partial charge in [-0.3, -0.25) is 0 Å². The van der Waals surface area contributed by atoms with Gasteiger partial charge in [0.05, 0.1) is 61.5 Å². The molecule has 5 heterocycles. The number of pyridine rings is 2. The van der Waals surface area contributed by atoms with E-state index in [1.165, 1.54) is 77.5 Å². The Kier molecular flexibility index (Phi) is 19.7. The molecule has 590 valence electrons. The standard InChI is InChI=1S/C54H35N3.C44H36BNO2.C16H11BrN2/c1-5-17-36(18-6-1)48-35-49(57-53(56-48)39-19-7-2-8-20-39)37-29-31-38(32-30-37)52-44-33-34-46-51(50(44)43-26-14-16-28-47(43)55-52)42-25-13-15-27-45(42)54(46,40-21-9-3-10-22-40)41-23-11-4-12-24-41;1-42(2)43(3,4)48-45(47-42)32-25-23-29(24-26-32)41-35-27-28-37-40(39(35)34-20-12-14-22-38(34)46-41)33-19-11-13-21-36(33)44(37,30-15-7-5-8-16-30)31-17-9-6-10-18-31;17-15-11-14(12-7-3-1-4-8-12)18-16(19-15)13-9-5-2-6-10-13/h1-35H;5-28H,1-4H3;1-11H. The second kappa shape index (κ2) is 31.8. The van der Waals surface area contributed by atoms with E-state index in [0.717, 1.165) is 116 Å². The van der Waals surface area contributed by atoms with Crippen molar-refractivity contribution in [3.05, 3.63) is 474 Å². The van der Waals surface area contributed by atoms with E-state index < -0.39 is 29.2 Å². The fraction of sp³-hybridized carbons (Fsp3) is 0.0702. The van der Waals surface area contributed by atoms with Crippen LogP contribution in [0.5, 0.6) is 0 Å². The number of nitrogens with zero attached hydrogens (tertiary/aromatic N) is 6. The van der Waals surface area contributed by atoms with Crippen molar-refractivity contribution < 1.29 is 9.31 Å². The molecule has 0 atom stereocenters. The van der Waals surface area contributed by atoms with Crippen LogP contribution in [0.15, 0.2) is 429 Å². The minimum Gasteiger partial charge on any atom is -0.399 e. The zero-order valence-corrected chi connectivity index (χ0v) is 70.5. The van der Waals surface area contributed by atoms with Gasteiger partial charge in [-0.1, -0.05) is 400 Å². The van der Waals surface area contributed by atoms with Crippen LogP contribution >= 0.6 is 15.9 Å². The van der Waals surface area contributed by atoms with Crippen LogP contribution in [0.3, 0.4) is 0 Å². The average Bonchev–Trinajstić information content (AvgIpc) is 1.52. The lowest BCUT2D eigenvalue weighted by atomic mass is 9.67. The third-order valence-electron chi connectivity index (χ3n) is 25.4. The highest BCUT2D eigenvalue weighted by Gasteiger charge is 2.52. The van der Waals surface area contributed by atoms with E-state index in [1.807, 2.05) is 103 Å². The maximum absolute atomic E-state index is 6.36. The number of para-hydroxylation sites is 2. The maximum Gasteiger partial charge on any atom is 0.494 e. The number of benzene rings is 16. The Bertz CT molecular complexity index is 7190. The molecule has 0 saturated carbocycles. The summed E-state index contributed by atoms with van der Waals surface area (Å²) in [4.78, 5) is 29.9. The molecule has 0 radical (unpaired) electrons. The molecule has 4 aromatic heterocycles. The summed E-state index contributed by atoms with van der Waals surface area (Å²) in [7, 11) is -0.408. The Morgan fingerprint density at radius 3 is 0.952 bits per heavy atom. The fourth-order valence-electron chi connectivity index (χ4n) is 18.9. The quantitative estimate of drug-likeness (QED) is 0.0678. The Balaban J connectivity index is 0.000000127. The van der Waals surface area contributed by atoms with Gasteiger partial charge in [-0.25, -0.2) is 29.9 Å². The van der Waals surface area contributed by atoms with Crippen molar-refractivity contribution in [3.63, 3.8) is 0 Å². The molecule has 1 saturated heterocycles. The molecular formula is C114H82BBrN6O2. The first-order valence-corrected chi connectivity index (χ1v) is 43.0. The van der Waals surface area contributed by atoms with Gasteiger partial charge < -0.3 is 9.31 Å². The van der Waals surface area contributed by atoms with Crippen LogP contribution in [0.25, 0.3) is 145 Å². The van der Waals surface area contributed by atoms with Gasteiger partial charge in [0.2, 0.25) is 0 Å². The van der Waals surface area contributed by atoms with Gasteiger partial charge in [-0.15, -0.1) is 0 Å². The molecule has 8 nitrogen and oxygen atoms in total. The molecule has 2 aliphatic carbocycles. The van der Waals surface area contributed by atoms with E-state index in [-0.39, 0.29) is 0 Å². The zero-order valence-electron chi connectivity index (χ0n) is 68.9. The predicted molar refractivity (Wildman–Crippen MR) is 512 cm³/mol. The number of aromatic nitrogens is 6. The van der Waals surface area contributed by atoms with E-state index in [0.29, 0.717) is 5.82 Å². The molecule has 20 aromatic rings. The zero-order chi connectivity index (χ0) is 83.5. The number of hydrogen-bond donors (Lipinski definition) is 0. The van der Waals surface area contributed by atoms with Gasteiger partial charge in [0, 0.05) is 71.3 Å². The average molecular weight is 1660 g/mol. The second-order valence-corrected chi connectivity index (χ2v) is 33.8.